The number of fused-ring (bicyclic) bond motifs is 1. The van der Waals surface area contributed by atoms with Gasteiger partial charge in [-0.3, -0.25) is 0 Å². The zero-order valence-electron chi connectivity index (χ0n) is 10.6. The molecular formula is C15H20BrNO. The van der Waals surface area contributed by atoms with Crippen LogP contribution >= 0.6 is 15.9 Å². The van der Waals surface area contributed by atoms with Gasteiger partial charge < -0.3 is 10.4 Å². The molecule has 1 aliphatic carbocycles. The molecule has 1 saturated heterocycles. The molecule has 1 atom stereocenters. The van der Waals surface area contributed by atoms with E-state index in [4.69, 9.17) is 0 Å². The van der Waals surface area contributed by atoms with Crippen LogP contribution in [-0.2, 0) is 12.8 Å². The summed E-state index contributed by atoms with van der Waals surface area (Å²) >= 11 is 3.62. The summed E-state index contributed by atoms with van der Waals surface area (Å²) in [6, 6.07) is 2.60. The monoisotopic (exact) mass is 309 g/mol. The SMILES string of the molecule is Oc1c(C2CCCN2)cc2c(c1Br)CCCCC2. The Morgan fingerprint density at radius 3 is 2.78 bits per heavy atom. The molecule has 1 unspecified atom stereocenters. The van der Waals surface area contributed by atoms with Crippen LogP contribution < -0.4 is 5.32 Å². The molecule has 1 aromatic rings. The zero-order valence-corrected chi connectivity index (χ0v) is 12.2. The first-order chi connectivity index (χ1) is 8.77. The number of phenolic OH excluding ortho intramolecular Hbond substituents is 1. The number of benzene rings is 1. The second-order valence-corrected chi connectivity index (χ2v) is 6.27. The van der Waals surface area contributed by atoms with Crippen molar-refractivity contribution >= 4 is 15.9 Å². The number of rotatable bonds is 1. The summed E-state index contributed by atoms with van der Waals surface area (Å²) in [4.78, 5) is 0. The van der Waals surface area contributed by atoms with Gasteiger partial charge in [0.1, 0.15) is 5.75 Å². The molecule has 0 spiro atoms. The summed E-state index contributed by atoms with van der Waals surface area (Å²) in [5.74, 6) is 0.468. The molecule has 0 saturated carbocycles. The van der Waals surface area contributed by atoms with Crippen LogP contribution in [0.25, 0.3) is 0 Å². The maximum atomic E-state index is 10.4. The first-order valence-electron chi connectivity index (χ1n) is 7.04. The van der Waals surface area contributed by atoms with Crippen LogP contribution in [0.15, 0.2) is 10.5 Å². The number of nitrogens with one attached hydrogen (secondary N) is 1. The average molecular weight is 310 g/mol. The molecule has 18 heavy (non-hydrogen) atoms. The van der Waals surface area contributed by atoms with Crippen LogP contribution in [0.4, 0.5) is 0 Å². The summed E-state index contributed by atoms with van der Waals surface area (Å²) in [5.41, 5.74) is 3.88. The van der Waals surface area contributed by atoms with Crippen LogP contribution in [0.3, 0.4) is 0 Å². The van der Waals surface area contributed by atoms with E-state index in [9.17, 15) is 5.11 Å². The third kappa shape index (κ3) is 2.19. The molecule has 1 aromatic carbocycles. The summed E-state index contributed by atoms with van der Waals surface area (Å²) in [6.45, 7) is 1.07. The summed E-state index contributed by atoms with van der Waals surface area (Å²) in [6.07, 6.45) is 8.43. The Labute approximate surface area is 117 Å². The second-order valence-electron chi connectivity index (χ2n) is 5.48. The molecule has 2 aliphatic rings. The third-order valence-electron chi connectivity index (χ3n) is 4.27. The van der Waals surface area contributed by atoms with Crippen molar-refractivity contribution in [3.63, 3.8) is 0 Å². The topological polar surface area (TPSA) is 32.3 Å². The molecule has 0 bridgehead atoms. The molecule has 1 heterocycles. The van der Waals surface area contributed by atoms with Gasteiger partial charge in [-0.25, -0.2) is 0 Å². The number of hydrogen-bond donors (Lipinski definition) is 2. The van der Waals surface area contributed by atoms with Crippen LogP contribution in [0.1, 0.15) is 54.8 Å². The summed E-state index contributed by atoms with van der Waals surface area (Å²) in [5, 5.41) is 13.9. The molecule has 0 radical (unpaired) electrons. The molecule has 1 fully saturated rings. The van der Waals surface area contributed by atoms with Crippen LogP contribution in [0.5, 0.6) is 5.75 Å². The Bertz CT molecular complexity index is 452. The fraction of sp³-hybridized carbons (Fsp3) is 0.600. The van der Waals surface area contributed by atoms with E-state index in [1.165, 1.54) is 36.8 Å². The molecule has 3 heteroatoms. The minimum atomic E-state index is 0.342. The molecule has 2 nitrogen and oxygen atoms in total. The van der Waals surface area contributed by atoms with E-state index in [2.05, 4.69) is 27.3 Å². The minimum Gasteiger partial charge on any atom is -0.506 e. The van der Waals surface area contributed by atoms with Gasteiger partial charge in [0.05, 0.1) is 4.47 Å². The lowest BCUT2D eigenvalue weighted by atomic mass is 9.95. The van der Waals surface area contributed by atoms with E-state index in [1.807, 2.05) is 0 Å². The lowest BCUT2D eigenvalue weighted by Gasteiger charge is -2.18. The molecule has 3 rings (SSSR count). The van der Waals surface area contributed by atoms with Gasteiger partial charge >= 0.3 is 0 Å². The lowest BCUT2D eigenvalue weighted by molar-refractivity contribution is 0.452. The normalized spacial score (nSPS) is 23.7. The maximum Gasteiger partial charge on any atom is 0.134 e. The first kappa shape index (κ1) is 12.5. The Hall–Kier alpha value is -0.540. The van der Waals surface area contributed by atoms with Gasteiger partial charge in [0.25, 0.3) is 0 Å². The maximum absolute atomic E-state index is 10.4. The Morgan fingerprint density at radius 1 is 1.17 bits per heavy atom. The predicted octanol–water partition coefficient (Wildman–Crippen LogP) is 3.85. The number of hydrogen-bond acceptors (Lipinski definition) is 2. The highest BCUT2D eigenvalue weighted by Crippen LogP contribution is 2.41. The van der Waals surface area contributed by atoms with Crippen molar-refractivity contribution < 1.29 is 5.11 Å². The van der Waals surface area contributed by atoms with Crippen molar-refractivity contribution in [3.05, 3.63) is 27.2 Å². The van der Waals surface area contributed by atoms with Crippen LogP contribution in [-0.4, -0.2) is 11.7 Å². The highest BCUT2D eigenvalue weighted by Gasteiger charge is 2.24. The van der Waals surface area contributed by atoms with Gasteiger partial charge in [0.2, 0.25) is 0 Å². The number of halogens is 1. The highest BCUT2D eigenvalue weighted by atomic mass is 79.9. The van der Waals surface area contributed by atoms with Crippen molar-refractivity contribution in [2.45, 2.75) is 51.0 Å². The fourth-order valence-corrected chi connectivity index (χ4v) is 3.94. The third-order valence-corrected chi connectivity index (χ3v) is 5.13. The molecule has 0 amide bonds. The molecule has 1 aliphatic heterocycles. The first-order valence-corrected chi connectivity index (χ1v) is 7.83. The van der Waals surface area contributed by atoms with E-state index in [1.54, 1.807) is 0 Å². The van der Waals surface area contributed by atoms with Crippen molar-refractivity contribution in [2.75, 3.05) is 6.54 Å². The Balaban J connectivity index is 2.05. The van der Waals surface area contributed by atoms with Crippen molar-refractivity contribution in [1.29, 1.82) is 0 Å². The molecule has 2 N–H and O–H groups in total. The van der Waals surface area contributed by atoms with Gasteiger partial charge in [0.15, 0.2) is 0 Å². The zero-order chi connectivity index (χ0) is 12.5. The molecule has 98 valence electrons. The molecular weight excluding hydrogens is 290 g/mol. The number of phenols is 1. The largest absolute Gasteiger partial charge is 0.506 e. The van der Waals surface area contributed by atoms with Crippen molar-refractivity contribution in [3.8, 4) is 5.75 Å². The summed E-state index contributed by atoms with van der Waals surface area (Å²) < 4.78 is 0.950. The van der Waals surface area contributed by atoms with Crippen molar-refractivity contribution in [2.24, 2.45) is 0 Å². The predicted molar refractivity (Wildman–Crippen MR) is 77.0 cm³/mol. The van der Waals surface area contributed by atoms with Crippen LogP contribution in [0, 0.1) is 0 Å². The Morgan fingerprint density at radius 2 is 2.00 bits per heavy atom. The van der Waals surface area contributed by atoms with E-state index in [0.717, 1.165) is 35.8 Å². The van der Waals surface area contributed by atoms with E-state index in [0.29, 0.717) is 11.8 Å². The van der Waals surface area contributed by atoms with Gasteiger partial charge in [-0.2, -0.15) is 0 Å². The number of aromatic hydroxyl groups is 1. The smallest absolute Gasteiger partial charge is 0.134 e. The van der Waals surface area contributed by atoms with Gasteiger partial charge in [-0.1, -0.05) is 12.5 Å². The average Bonchev–Trinajstić information content (AvgIpc) is 2.79. The lowest BCUT2D eigenvalue weighted by Crippen LogP contribution is -2.14. The Kier molecular flexibility index (Phi) is 3.62. The van der Waals surface area contributed by atoms with E-state index < -0.39 is 0 Å². The van der Waals surface area contributed by atoms with E-state index in [-0.39, 0.29) is 0 Å². The number of aryl methyl sites for hydroxylation is 1. The van der Waals surface area contributed by atoms with Gasteiger partial charge in [-0.05, 0) is 72.1 Å². The minimum absolute atomic E-state index is 0.342. The second kappa shape index (κ2) is 5.22. The van der Waals surface area contributed by atoms with Gasteiger partial charge in [-0.15, -0.1) is 0 Å². The fourth-order valence-electron chi connectivity index (χ4n) is 3.26. The van der Waals surface area contributed by atoms with E-state index >= 15 is 0 Å². The highest BCUT2D eigenvalue weighted by molar-refractivity contribution is 9.10. The summed E-state index contributed by atoms with van der Waals surface area (Å²) in [7, 11) is 0. The van der Waals surface area contributed by atoms with Gasteiger partial charge in [0, 0.05) is 11.6 Å². The quantitative estimate of drug-likeness (QED) is 0.772. The standard InChI is InChI=1S/C15H20BrNO/c16-14-11-6-3-1-2-5-10(11)9-12(15(14)18)13-7-4-8-17-13/h9,13,17-18H,1-8H2. The molecule has 0 aromatic heterocycles. The van der Waals surface area contributed by atoms with Crippen LogP contribution in [0.2, 0.25) is 0 Å². The van der Waals surface area contributed by atoms with Crippen molar-refractivity contribution in [1.82, 2.24) is 5.32 Å².